The van der Waals surface area contributed by atoms with Crippen LogP contribution in [-0.2, 0) is 20.9 Å². The Labute approximate surface area is 174 Å². The summed E-state index contributed by atoms with van der Waals surface area (Å²) in [7, 11) is 1.51. The number of para-hydroxylation sites is 1. The molecule has 0 radical (unpaired) electrons. The highest BCUT2D eigenvalue weighted by Crippen LogP contribution is 2.44. The van der Waals surface area contributed by atoms with Gasteiger partial charge in [0.25, 0.3) is 11.8 Å². The number of likely N-dealkylation sites (N-methyl/N-ethyl adjacent to an activating group) is 1. The van der Waals surface area contributed by atoms with Gasteiger partial charge < -0.3 is 14.2 Å². The van der Waals surface area contributed by atoms with Gasteiger partial charge in [0.1, 0.15) is 0 Å². The largest absolute Gasteiger partial charge is 0.452 e. The van der Waals surface area contributed by atoms with Gasteiger partial charge in [-0.3, -0.25) is 14.5 Å². The van der Waals surface area contributed by atoms with Gasteiger partial charge in [0.05, 0.1) is 11.3 Å². The van der Waals surface area contributed by atoms with Crippen molar-refractivity contribution in [1.29, 1.82) is 0 Å². The van der Waals surface area contributed by atoms with Gasteiger partial charge >= 0.3 is 5.97 Å². The second kappa shape index (κ2) is 6.77. The minimum atomic E-state index is -1.53. The van der Waals surface area contributed by atoms with E-state index in [0.29, 0.717) is 17.1 Å². The van der Waals surface area contributed by atoms with Crippen molar-refractivity contribution in [3.05, 3.63) is 52.5 Å². The van der Waals surface area contributed by atoms with Crippen molar-refractivity contribution in [1.82, 2.24) is 15.0 Å². The molecule has 0 N–H and O–H groups in total. The van der Waals surface area contributed by atoms with Crippen molar-refractivity contribution in [2.24, 2.45) is 0 Å². The Kier molecular flexibility index (Phi) is 4.17. The molecule has 1 unspecified atom stereocenters. The van der Waals surface area contributed by atoms with Gasteiger partial charge in [0.2, 0.25) is 17.4 Å². The van der Waals surface area contributed by atoms with Crippen LogP contribution in [0.2, 0.25) is 0 Å². The standard InChI is InChI=1S/C20H16N4O5S/c1-23-18(26)13-4-2-3-5-14(13)24-16(25)6-8-20(23,24)19(27)28-10-15-21-17(22-29-15)12-7-9-30-11-12/h2-5,7,9,11H,6,8,10H2,1H3. The van der Waals surface area contributed by atoms with E-state index in [2.05, 4.69) is 10.1 Å². The highest BCUT2D eigenvalue weighted by Gasteiger charge is 2.60. The summed E-state index contributed by atoms with van der Waals surface area (Å²) in [5, 5.41) is 7.65. The summed E-state index contributed by atoms with van der Waals surface area (Å²) in [6.07, 6.45) is 0.273. The Morgan fingerprint density at radius 2 is 2.13 bits per heavy atom. The van der Waals surface area contributed by atoms with Crippen molar-refractivity contribution in [3.63, 3.8) is 0 Å². The zero-order valence-electron chi connectivity index (χ0n) is 15.9. The molecule has 30 heavy (non-hydrogen) atoms. The van der Waals surface area contributed by atoms with Gasteiger partial charge in [-0.1, -0.05) is 17.3 Å². The molecule has 5 rings (SSSR count). The highest BCUT2D eigenvalue weighted by molar-refractivity contribution is 7.08. The number of fused-ring (bicyclic) bond motifs is 3. The molecule has 0 saturated carbocycles. The number of hydrogen-bond acceptors (Lipinski definition) is 8. The molecule has 0 spiro atoms. The minimum Gasteiger partial charge on any atom is -0.452 e. The molecule has 1 fully saturated rings. The number of rotatable bonds is 4. The predicted molar refractivity (Wildman–Crippen MR) is 105 cm³/mol. The van der Waals surface area contributed by atoms with Crippen LogP contribution in [-0.4, -0.2) is 45.5 Å². The van der Waals surface area contributed by atoms with Crippen molar-refractivity contribution in [2.45, 2.75) is 25.1 Å². The number of carbonyl (C=O) groups is 3. The molecule has 0 aliphatic carbocycles. The van der Waals surface area contributed by atoms with E-state index in [1.54, 1.807) is 24.3 Å². The molecule has 2 aliphatic heterocycles. The SMILES string of the molecule is CN1C(=O)c2ccccc2N2C(=O)CCC12C(=O)OCc1nc(-c2ccsc2)no1. The van der Waals surface area contributed by atoms with Crippen LogP contribution in [0.25, 0.3) is 11.4 Å². The van der Waals surface area contributed by atoms with Gasteiger partial charge in [-0.2, -0.15) is 16.3 Å². The molecular formula is C20H16N4O5S. The summed E-state index contributed by atoms with van der Waals surface area (Å²) in [5.41, 5.74) is 0.0638. The van der Waals surface area contributed by atoms with Crippen LogP contribution in [0.15, 0.2) is 45.6 Å². The summed E-state index contributed by atoms with van der Waals surface area (Å²) >= 11 is 1.50. The molecule has 2 amide bonds. The minimum absolute atomic E-state index is 0.127. The average Bonchev–Trinajstić information content (AvgIpc) is 3.50. The first-order valence-electron chi connectivity index (χ1n) is 9.25. The fraction of sp³-hybridized carbons (Fsp3) is 0.250. The fourth-order valence-corrected chi connectivity index (χ4v) is 4.59. The Hall–Kier alpha value is -3.53. The van der Waals surface area contributed by atoms with E-state index in [0.717, 1.165) is 5.56 Å². The summed E-state index contributed by atoms with van der Waals surface area (Å²) in [4.78, 5) is 45.7. The second-order valence-corrected chi connectivity index (χ2v) is 7.81. The Morgan fingerprint density at radius 3 is 2.93 bits per heavy atom. The number of nitrogens with zero attached hydrogens (tertiary/aromatic N) is 4. The van der Waals surface area contributed by atoms with Crippen LogP contribution in [0.4, 0.5) is 5.69 Å². The number of esters is 1. The third-order valence-electron chi connectivity index (χ3n) is 5.44. The maximum absolute atomic E-state index is 13.2. The van der Waals surface area contributed by atoms with Gasteiger partial charge in [0, 0.05) is 30.8 Å². The van der Waals surface area contributed by atoms with Crippen LogP contribution in [0.5, 0.6) is 0 Å². The van der Waals surface area contributed by atoms with Crippen LogP contribution in [0.1, 0.15) is 29.1 Å². The summed E-state index contributed by atoms with van der Waals surface area (Å²) < 4.78 is 10.6. The molecule has 0 bridgehead atoms. The lowest BCUT2D eigenvalue weighted by molar-refractivity contribution is -0.158. The number of anilines is 1. The first-order chi connectivity index (χ1) is 14.5. The predicted octanol–water partition coefficient (Wildman–Crippen LogP) is 2.45. The molecule has 10 heteroatoms. The van der Waals surface area contributed by atoms with Gasteiger partial charge in [0.15, 0.2) is 6.61 Å². The lowest BCUT2D eigenvalue weighted by Gasteiger charge is -2.46. The van der Waals surface area contributed by atoms with E-state index in [1.165, 1.54) is 28.2 Å². The van der Waals surface area contributed by atoms with Crippen molar-refractivity contribution >= 4 is 34.8 Å². The Bertz CT molecular complexity index is 1160. The normalized spacial score (nSPS) is 20.3. The first-order valence-corrected chi connectivity index (χ1v) is 10.2. The number of hydrogen-bond donors (Lipinski definition) is 0. The third-order valence-corrected chi connectivity index (χ3v) is 6.13. The molecule has 1 saturated heterocycles. The van der Waals surface area contributed by atoms with Crippen molar-refractivity contribution in [2.75, 3.05) is 11.9 Å². The van der Waals surface area contributed by atoms with Gasteiger partial charge in [-0.25, -0.2) is 4.79 Å². The zero-order chi connectivity index (χ0) is 20.9. The monoisotopic (exact) mass is 424 g/mol. The maximum Gasteiger partial charge on any atom is 0.354 e. The number of carbonyl (C=O) groups excluding carboxylic acids is 3. The smallest absolute Gasteiger partial charge is 0.354 e. The molecular weight excluding hydrogens is 408 g/mol. The average molecular weight is 424 g/mol. The summed E-state index contributed by atoms with van der Waals surface area (Å²) in [6.45, 7) is -0.260. The molecule has 152 valence electrons. The van der Waals surface area contributed by atoms with E-state index in [-0.39, 0.29) is 37.2 Å². The van der Waals surface area contributed by atoms with Gasteiger partial charge in [-0.15, -0.1) is 0 Å². The molecule has 2 aromatic heterocycles. The van der Waals surface area contributed by atoms with Crippen LogP contribution in [0, 0.1) is 0 Å². The number of ether oxygens (including phenoxy) is 1. The lowest BCUT2D eigenvalue weighted by Crippen LogP contribution is -2.67. The first kappa shape index (κ1) is 18.5. The fourth-order valence-electron chi connectivity index (χ4n) is 3.96. The van der Waals surface area contributed by atoms with Gasteiger partial charge in [-0.05, 0) is 23.6 Å². The zero-order valence-corrected chi connectivity index (χ0v) is 16.7. The van der Waals surface area contributed by atoms with E-state index < -0.39 is 11.6 Å². The topological polar surface area (TPSA) is 106 Å². The Balaban J connectivity index is 1.43. The number of amides is 2. The Morgan fingerprint density at radius 1 is 1.30 bits per heavy atom. The molecule has 3 aromatic rings. The second-order valence-electron chi connectivity index (χ2n) is 7.03. The van der Waals surface area contributed by atoms with Crippen molar-refractivity contribution in [3.8, 4) is 11.4 Å². The highest BCUT2D eigenvalue weighted by atomic mass is 32.1. The van der Waals surface area contributed by atoms with E-state index in [1.807, 2.05) is 16.8 Å². The number of thiophene rings is 1. The number of benzene rings is 1. The molecule has 4 heterocycles. The van der Waals surface area contributed by atoms with E-state index in [4.69, 9.17) is 9.26 Å². The van der Waals surface area contributed by atoms with Crippen LogP contribution < -0.4 is 4.90 Å². The molecule has 1 aromatic carbocycles. The summed E-state index contributed by atoms with van der Waals surface area (Å²) in [6, 6.07) is 8.60. The lowest BCUT2D eigenvalue weighted by atomic mass is 9.97. The van der Waals surface area contributed by atoms with Crippen LogP contribution in [0.3, 0.4) is 0 Å². The van der Waals surface area contributed by atoms with E-state index >= 15 is 0 Å². The van der Waals surface area contributed by atoms with Crippen molar-refractivity contribution < 1.29 is 23.6 Å². The molecule has 9 nitrogen and oxygen atoms in total. The third kappa shape index (κ3) is 2.57. The maximum atomic E-state index is 13.2. The molecule has 2 aliphatic rings. The van der Waals surface area contributed by atoms with E-state index in [9.17, 15) is 14.4 Å². The van der Waals surface area contributed by atoms with Crippen LogP contribution >= 0.6 is 11.3 Å². The number of aromatic nitrogens is 2. The summed E-state index contributed by atoms with van der Waals surface area (Å²) in [5.74, 6) is -0.768. The quantitative estimate of drug-likeness (QED) is 0.592. The molecule has 1 atom stereocenters.